The molecule has 17 heavy (non-hydrogen) atoms. The zero-order chi connectivity index (χ0) is 12.8. The van der Waals surface area contributed by atoms with Crippen LogP contribution in [0.2, 0.25) is 0 Å². The van der Waals surface area contributed by atoms with E-state index in [4.69, 9.17) is 0 Å². The summed E-state index contributed by atoms with van der Waals surface area (Å²) in [6, 6.07) is 3.52. The van der Waals surface area contributed by atoms with E-state index in [1.807, 2.05) is 0 Å². The summed E-state index contributed by atoms with van der Waals surface area (Å²) in [6.07, 6.45) is 0. The fourth-order valence-electron chi connectivity index (χ4n) is 1.08. The van der Waals surface area contributed by atoms with Gasteiger partial charge in [-0.05, 0) is 18.2 Å². The van der Waals surface area contributed by atoms with E-state index in [0.29, 0.717) is 0 Å². The number of benzene rings is 1. The van der Waals surface area contributed by atoms with Crippen LogP contribution in [-0.2, 0) is 19.6 Å². The molecule has 0 spiro atoms. The van der Waals surface area contributed by atoms with Crippen molar-refractivity contribution in [2.75, 3.05) is 14.2 Å². The highest BCUT2D eigenvalue weighted by Gasteiger charge is 2.17. The van der Waals surface area contributed by atoms with E-state index in [2.05, 4.69) is 19.6 Å². The van der Waals surface area contributed by atoms with Crippen LogP contribution in [0.3, 0.4) is 0 Å². The van der Waals surface area contributed by atoms with Crippen LogP contribution in [0.15, 0.2) is 18.2 Å². The lowest BCUT2D eigenvalue weighted by Crippen LogP contribution is -2.07. The molecule has 1 rings (SSSR count). The summed E-state index contributed by atoms with van der Waals surface area (Å²) in [6.45, 7) is 0. The van der Waals surface area contributed by atoms with E-state index in [-0.39, 0.29) is 11.1 Å². The van der Waals surface area contributed by atoms with Crippen molar-refractivity contribution in [3.05, 3.63) is 29.3 Å². The molecule has 0 aliphatic carbocycles. The summed E-state index contributed by atoms with van der Waals surface area (Å²) in [5, 5.41) is 9.50. The highest BCUT2D eigenvalue weighted by molar-refractivity contribution is 5.95. The van der Waals surface area contributed by atoms with Gasteiger partial charge in [-0.1, -0.05) is 0 Å². The van der Waals surface area contributed by atoms with Crippen molar-refractivity contribution in [1.29, 1.82) is 0 Å². The molecule has 0 radical (unpaired) electrons. The summed E-state index contributed by atoms with van der Waals surface area (Å²) >= 11 is 0. The van der Waals surface area contributed by atoms with Gasteiger partial charge in [-0.2, -0.15) is 9.78 Å². The van der Waals surface area contributed by atoms with Gasteiger partial charge in [0.05, 0.1) is 19.8 Å². The number of carbonyl (C=O) groups excluding carboxylic acids is 2. The van der Waals surface area contributed by atoms with Crippen molar-refractivity contribution < 1.29 is 34.2 Å². The van der Waals surface area contributed by atoms with Gasteiger partial charge in [0, 0.05) is 0 Å². The van der Waals surface area contributed by atoms with Crippen LogP contribution < -0.4 is 0 Å². The Labute approximate surface area is 96.3 Å². The van der Waals surface area contributed by atoms with E-state index >= 15 is 0 Å². The van der Waals surface area contributed by atoms with E-state index in [9.17, 15) is 14.7 Å². The Bertz CT molecular complexity index is 427. The summed E-state index contributed by atoms with van der Waals surface area (Å²) in [5.41, 5.74) is -0.112. The zero-order valence-electron chi connectivity index (χ0n) is 9.13. The molecule has 1 aromatic carbocycles. The van der Waals surface area contributed by atoms with Crippen LogP contribution in [0.1, 0.15) is 20.7 Å². The molecular weight excluding hydrogens is 232 g/mol. The number of hydrogen-bond acceptors (Lipinski definition) is 7. The molecule has 0 unspecified atom stereocenters. The third-order valence-corrected chi connectivity index (χ3v) is 1.77. The minimum atomic E-state index is -0.878. The number of carbonyl (C=O) groups is 2. The molecule has 0 heterocycles. The lowest BCUT2D eigenvalue weighted by Gasteiger charge is -2.04. The van der Waals surface area contributed by atoms with Crippen LogP contribution in [0, 0.1) is 0 Å². The second-order valence-corrected chi connectivity index (χ2v) is 2.81. The fourth-order valence-corrected chi connectivity index (χ4v) is 1.08. The molecule has 0 amide bonds. The smallest absolute Gasteiger partial charge is 0.376 e. The van der Waals surface area contributed by atoms with Crippen LogP contribution in [-0.4, -0.2) is 31.3 Å². The van der Waals surface area contributed by atoms with Gasteiger partial charge in [-0.25, -0.2) is 9.59 Å². The first-order chi connectivity index (χ1) is 8.10. The van der Waals surface area contributed by atoms with Gasteiger partial charge >= 0.3 is 11.9 Å². The van der Waals surface area contributed by atoms with Crippen LogP contribution in [0.25, 0.3) is 0 Å². The van der Waals surface area contributed by atoms with Gasteiger partial charge < -0.3 is 5.11 Å². The lowest BCUT2D eigenvalue weighted by molar-refractivity contribution is -0.216. The van der Waals surface area contributed by atoms with E-state index in [0.717, 1.165) is 13.2 Å². The molecule has 0 saturated heterocycles. The number of aromatic hydroxyl groups is 1. The lowest BCUT2D eigenvalue weighted by atomic mass is 10.1. The van der Waals surface area contributed by atoms with Gasteiger partial charge in [0.2, 0.25) is 0 Å². The van der Waals surface area contributed by atoms with Crippen molar-refractivity contribution in [3.8, 4) is 5.75 Å². The maximum absolute atomic E-state index is 11.2. The highest BCUT2D eigenvalue weighted by Crippen LogP contribution is 2.20. The Kier molecular flexibility index (Phi) is 4.44. The first-order valence-corrected chi connectivity index (χ1v) is 4.43. The van der Waals surface area contributed by atoms with Crippen LogP contribution >= 0.6 is 0 Å². The van der Waals surface area contributed by atoms with Crippen LogP contribution in [0.5, 0.6) is 5.75 Å². The Morgan fingerprint density at radius 3 is 2.18 bits per heavy atom. The van der Waals surface area contributed by atoms with Crippen molar-refractivity contribution in [3.63, 3.8) is 0 Å². The first kappa shape index (κ1) is 12.9. The molecule has 0 bridgehead atoms. The van der Waals surface area contributed by atoms with Crippen molar-refractivity contribution in [2.24, 2.45) is 0 Å². The first-order valence-electron chi connectivity index (χ1n) is 4.43. The monoisotopic (exact) mass is 242 g/mol. The summed E-state index contributed by atoms with van der Waals surface area (Å²) in [4.78, 5) is 39.2. The average Bonchev–Trinajstić information content (AvgIpc) is 2.29. The minimum Gasteiger partial charge on any atom is -0.507 e. The molecule has 7 nitrogen and oxygen atoms in total. The molecule has 0 saturated carbocycles. The Balaban J connectivity index is 2.93. The normalized spacial score (nSPS) is 9.76. The number of hydrogen-bond donors (Lipinski definition) is 1. The number of phenols is 1. The molecule has 0 atom stereocenters. The predicted octanol–water partition coefficient (Wildman–Crippen LogP) is 0.829. The quantitative estimate of drug-likeness (QED) is 0.617. The fraction of sp³-hybridized carbons (Fsp3) is 0.200. The van der Waals surface area contributed by atoms with Crippen LogP contribution in [0.4, 0.5) is 0 Å². The molecule has 0 fully saturated rings. The second kappa shape index (κ2) is 5.83. The molecule has 0 aliphatic rings. The molecular formula is C10H10O7. The summed E-state index contributed by atoms with van der Waals surface area (Å²) in [5.74, 6) is -2.11. The van der Waals surface area contributed by atoms with Gasteiger partial charge in [-0.15, -0.1) is 0 Å². The SMILES string of the molecule is COOC(=O)c1ccc(C(=O)OOC)c(O)c1. The topological polar surface area (TPSA) is 91.3 Å². The van der Waals surface area contributed by atoms with Gasteiger partial charge in [-0.3, -0.25) is 9.78 Å². The summed E-state index contributed by atoms with van der Waals surface area (Å²) < 4.78 is 0. The van der Waals surface area contributed by atoms with E-state index in [1.165, 1.54) is 19.2 Å². The second-order valence-electron chi connectivity index (χ2n) is 2.81. The van der Waals surface area contributed by atoms with Gasteiger partial charge in [0.15, 0.2) is 0 Å². The third-order valence-electron chi connectivity index (χ3n) is 1.77. The molecule has 0 aromatic heterocycles. The van der Waals surface area contributed by atoms with Crippen molar-refractivity contribution in [1.82, 2.24) is 0 Å². The van der Waals surface area contributed by atoms with E-state index in [1.54, 1.807) is 0 Å². The average molecular weight is 242 g/mol. The molecule has 0 aliphatic heterocycles. The number of phenolic OH excluding ortho intramolecular Hbond substituents is 1. The zero-order valence-corrected chi connectivity index (χ0v) is 9.13. The van der Waals surface area contributed by atoms with Gasteiger partial charge in [0.1, 0.15) is 11.3 Å². The van der Waals surface area contributed by atoms with E-state index < -0.39 is 17.7 Å². The Morgan fingerprint density at radius 2 is 1.65 bits per heavy atom. The maximum atomic E-state index is 11.2. The predicted molar refractivity (Wildman–Crippen MR) is 53.0 cm³/mol. The minimum absolute atomic E-state index is 0.0262. The Morgan fingerprint density at radius 1 is 1.06 bits per heavy atom. The summed E-state index contributed by atoms with van der Waals surface area (Å²) in [7, 11) is 2.32. The third kappa shape index (κ3) is 3.16. The standard InChI is InChI=1S/C10H10O7/c1-14-16-9(12)6-3-4-7(8(11)5-6)10(13)17-15-2/h3-5,11H,1-2H3. The van der Waals surface area contributed by atoms with Crippen molar-refractivity contribution in [2.45, 2.75) is 0 Å². The van der Waals surface area contributed by atoms with Gasteiger partial charge in [0.25, 0.3) is 0 Å². The molecule has 7 heteroatoms. The molecule has 1 N–H and O–H groups in total. The largest absolute Gasteiger partial charge is 0.507 e. The molecule has 92 valence electrons. The maximum Gasteiger partial charge on any atom is 0.376 e. The van der Waals surface area contributed by atoms with Crippen molar-refractivity contribution >= 4 is 11.9 Å². The Hall–Kier alpha value is -2.12. The number of rotatable bonds is 4. The molecule has 1 aromatic rings. The highest BCUT2D eigenvalue weighted by atomic mass is 17.2.